The van der Waals surface area contributed by atoms with Crippen molar-refractivity contribution in [3.8, 4) is 5.75 Å². The van der Waals surface area contributed by atoms with Crippen molar-refractivity contribution in [2.45, 2.75) is 32.4 Å². The maximum Gasteiger partial charge on any atom is 0.308 e. The smallest absolute Gasteiger partial charge is 0.308 e. The van der Waals surface area contributed by atoms with E-state index in [4.69, 9.17) is 9.47 Å². The molecule has 7 heteroatoms. The maximum absolute atomic E-state index is 12.7. The maximum atomic E-state index is 12.7. The molecule has 7 nitrogen and oxygen atoms in total. The van der Waals surface area contributed by atoms with Crippen molar-refractivity contribution >= 4 is 23.5 Å². The van der Waals surface area contributed by atoms with Gasteiger partial charge in [-0.2, -0.15) is 0 Å². The number of fused-ring (bicyclic) bond motifs is 2. The zero-order valence-corrected chi connectivity index (χ0v) is 16.9. The SMILES string of the molecule is CC(OC(=O)CCN1C(=O)COc2ccccc21)C(=O)N1CCc2ccccc2C1. The van der Waals surface area contributed by atoms with Crippen LogP contribution < -0.4 is 9.64 Å². The summed E-state index contributed by atoms with van der Waals surface area (Å²) in [4.78, 5) is 40.5. The van der Waals surface area contributed by atoms with Crippen LogP contribution in [0.4, 0.5) is 5.69 Å². The van der Waals surface area contributed by atoms with Crippen LogP contribution in [0.2, 0.25) is 0 Å². The highest BCUT2D eigenvalue weighted by atomic mass is 16.5. The lowest BCUT2D eigenvalue weighted by Gasteiger charge is -2.31. The number of benzene rings is 2. The monoisotopic (exact) mass is 408 g/mol. The first-order valence-electron chi connectivity index (χ1n) is 10.1. The van der Waals surface area contributed by atoms with Crippen LogP contribution in [0.3, 0.4) is 0 Å². The number of ether oxygens (including phenoxy) is 2. The molecule has 1 atom stereocenters. The van der Waals surface area contributed by atoms with Crippen LogP contribution in [0.15, 0.2) is 48.5 Å². The van der Waals surface area contributed by atoms with Crippen molar-refractivity contribution < 1.29 is 23.9 Å². The van der Waals surface area contributed by atoms with E-state index in [1.54, 1.807) is 24.0 Å². The molecule has 0 spiro atoms. The molecule has 2 aromatic rings. The topological polar surface area (TPSA) is 76.1 Å². The number of anilines is 1. The quantitative estimate of drug-likeness (QED) is 0.710. The average Bonchev–Trinajstić information content (AvgIpc) is 2.77. The molecular weight excluding hydrogens is 384 g/mol. The molecule has 156 valence electrons. The Morgan fingerprint density at radius 1 is 1.10 bits per heavy atom. The van der Waals surface area contributed by atoms with Crippen LogP contribution in [0.5, 0.6) is 5.75 Å². The fraction of sp³-hybridized carbons (Fsp3) is 0.348. The third kappa shape index (κ3) is 4.15. The normalized spacial score (nSPS) is 16.2. The molecule has 4 rings (SSSR count). The summed E-state index contributed by atoms with van der Waals surface area (Å²) in [7, 11) is 0. The third-order valence-corrected chi connectivity index (χ3v) is 5.45. The molecule has 0 radical (unpaired) electrons. The van der Waals surface area contributed by atoms with Gasteiger partial charge in [0.05, 0.1) is 12.1 Å². The lowest BCUT2D eigenvalue weighted by molar-refractivity contribution is -0.159. The van der Waals surface area contributed by atoms with Crippen molar-refractivity contribution in [3.05, 3.63) is 59.7 Å². The van der Waals surface area contributed by atoms with Gasteiger partial charge >= 0.3 is 5.97 Å². The molecule has 2 aliphatic rings. The van der Waals surface area contributed by atoms with Crippen LogP contribution in [0.25, 0.3) is 0 Å². The Morgan fingerprint density at radius 3 is 2.67 bits per heavy atom. The number of hydrogen-bond acceptors (Lipinski definition) is 5. The highest BCUT2D eigenvalue weighted by Gasteiger charge is 2.29. The number of rotatable bonds is 5. The molecule has 2 amide bonds. The van der Waals surface area contributed by atoms with Gasteiger partial charge in [0, 0.05) is 19.6 Å². The first-order chi connectivity index (χ1) is 14.5. The van der Waals surface area contributed by atoms with E-state index >= 15 is 0 Å². The van der Waals surface area contributed by atoms with Gasteiger partial charge in [0.25, 0.3) is 11.8 Å². The van der Waals surface area contributed by atoms with E-state index in [2.05, 4.69) is 6.07 Å². The fourth-order valence-electron chi connectivity index (χ4n) is 3.85. The van der Waals surface area contributed by atoms with Gasteiger partial charge in [0.1, 0.15) is 5.75 Å². The van der Waals surface area contributed by atoms with Crippen molar-refractivity contribution in [1.29, 1.82) is 0 Å². The highest BCUT2D eigenvalue weighted by molar-refractivity contribution is 5.98. The number of esters is 1. The van der Waals surface area contributed by atoms with E-state index in [0.717, 1.165) is 12.0 Å². The summed E-state index contributed by atoms with van der Waals surface area (Å²) >= 11 is 0. The first-order valence-corrected chi connectivity index (χ1v) is 10.1. The van der Waals surface area contributed by atoms with Gasteiger partial charge in [-0.1, -0.05) is 36.4 Å². The van der Waals surface area contributed by atoms with E-state index in [0.29, 0.717) is 24.5 Å². The molecule has 30 heavy (non-hydrogen) atoms. The molecule has 2 aromatic carbocycles. The predicted molar refractivity (Wildman–Crippen MR) is 110 cm³/mol. The molecule has 1 unspecified atom stereocenters. The van der Waals surface area contributed by atoms with Crippen LogP contribution in [0, 0.1) is 0 Å². The molecule has 0 saturated carbocycles. The Kier molecular flexibility index (Phi) is 5.70. The Hall–Kier alpha value is -3.35. The second-order valence-corrected chi connectivity index (χ2v) is 7.46. The number of carbonyl (C=O) groups is 3. The number of para-hydroxylation sites is 2. The molecule has 0 fully saturated rings. The van der Waals surface area contributed by atoms with E-state index in [9.17, 15) is 14.4 Å². The number of carbonyl (C=O) groups excluding carboxylic acids is 3. The summed E-state index contributed by atoms with van der Waals surface area (Å²) in [6.45, 7) is 2.84. The van der Waals surface area contributed by atoms with E-state index in [-0.39, 0.29) is 31.4 Å². The summed E-state index contributed by atoms with van der Waals surface area (Å²) in [5.41, 5.74) is 3.01. The van der Waals surface area contributed by atoms with Crippen molar-refractivity contribution in [1.82, 2.24) is 4.90 Å². The van der Waals surface area contributed by atoms with E-state index in [1.165, 1.54) is 10.5 Å². The molecule has 0 saturated heterocycles. The average molecular weight is 408 g/mol. The Labute approximate surface area is 175 Å². The number of nitrogens with zero attached hydrogens (tertiary/aromatic N) is 2. The predicted octanol–water partition coefficient (Wildman–Crippen LogP) is 2.32. The van der Waals surface area contributed by atoms with Crippen LogP contribution in [-0.4, -0.2) is 48.5 Å². The third-order valence-electron chi connectivity index (χ3n) is 5.45. The van der Waals surface area contributed by atoms with Gasteiger partial charge in [-0.3, -0.25) is 14.4 Å². The van der Waals surface area contributed by atoms with Crippen LogP contribution in [-0.2, 0) is 32.1 Å². The molecule has 0 bridgehead atoms. The summed E-state index contributed by atoms with van der Waals surface area (Å²) in [6.07, 6.45) is -0.0720. The number of amides is 2. The standard InChI is InChI=1S/C23H24N2O5/c1-16(23(28)24-12-10-17-6-2-3-7-18(17)14-24)30-22(27)11-13-25-19-8-4-5-9-20(19)29-15-21(25)26/h2-9,16H,10-15H2,1H3. The fourth-order valence-corrected chi connectivity index (χ4v) is 3.85. The van der Waals surface area contributed by atoms with Gasteiger partial charge in [-0.25, -0.2) is 0 Å². The molecule has 2 aliphatic heterocycles. The zero-order valence-electron chi connectivity index (χ0n) is 16.9. The lowest BCUT2D eigenvalue weighted by Crippen LogP contribution is -2.43. The molecule has 2 heterocycles. The second-order valence-electron chi connectivity index (χ2n) is 7.46. The Bertz CT molecular complexity index is 974. The summed E-state index contributed by atoms with van der Waals surface area (Å²) in [5.74, 6) is -0.312. The summed E-state index contributed by atoms with van der Waals surface area (Å²) in [5, 5.41) is 0. The minimum Gasteiger partial charge on any atom is -0.482 e. The van der Waals surface area contributed by atoms with Crippen molar-refractivity contribution in [2.24, 2.45) is 0 Å². The van der Waals surface area contributed by atoms with Crippen molar-refractivity contribution in [3.63, 3.8) is 0 Å². The first kappa shape index (κ1) is 19.9. The zero-order chi connectivity index (χ0) is 21.1. The van der Waals surface area contributed by atoms with E-state index in [1.807, 2.05) is 30.3 Å². The van der Waals surface area contributed by atoms with Crippen molar-refractivity contribution in [2.75, 3.05) is 24.6 Å². The minimum absolute atomic E-state index is 0.000524. The molecule has 0 aromatic heterocycles. The van der Waals surface area contributed by atoms with Gasteiger partial charge in [0.2, 0.25) is 0 Å². The Morgan fingerprint density at radius 2 is 1.83 bits per heavy atom. The summed E-state index contributed by atoms with van der Waals surface area (Å²) in [6, 6.07) is 15.2. The Balaban J connectivity index is 1.31. The molecule has 0 aliphatic carbocycles. The largest absolute Gasteiger partial charge is 0.482 e. The van der Waals surface area contributed by atoms with E-state index < -0.39 is 12.1 Å². The van der Waals surface area contributed by atoms with Gasteiger partial charge in [-0.15, -0.1) is 0 Å². The van der Waals surface area contributed by atoms with Gasteiger partial charge in [-0.05, 0) is 36.6 Å². The highest BCUT2D eigenvalue weighted by Crippen LogP contribution is 2.31. The van der Waals surface area contributed by atoms with Crippen LogP contribution in [0.1, 0.15) is 24.5 Å². The number of hydrogen-bond donors (Lipinski definition) is 0. The molecular formula is C23H24N2O5. The van der Waals surface area contributed by atoms with Gasteiger partial charge < -0.3 is 19.3 Å². The minimum atomic E-state index is -0.865. The van der Waals surface area contributed by atoms with Crippen LogP contribution >= 0.6 is 0 Å². The van der Waals surface area contributed by atoms with Gasteiger partial charge in [0.15, 0.2) is 12.7 Å². The molecule has 0 N–H and O–H groups in total. The second kappa shape index (κ2) is 8.57. The summed E-state index contributed by atoms with van der Waals surface area (Å²) < 4.78 is 10.8. The lowest BCUT2D eigenvalue weighted by atomic mass is 9.99.